The summed E-state index contributed by atoms with van der Waals surface area (Å²) in [6, 6.07) is 7.69. The molecule has 0 aliphatic heterocycles. The maximum atomic E-state index is 11.7. The average molecular weight is 363 g/mol. The Morgan fingerprint density at radius 2 is 1.88 bits per heavy atom. The minimum Gasteiger partial charge on any atom is -0.494 e. The van der Waals surface area contributed by atoms with E-state index in [-0.39, 0.29) is 5.91 Å². The number of thiocarbonyl (C=S) groups is 1. The van der Waals surface area contributed by atoms with E-state index in [1.54, 1.807) is 0 Å². The van der Waals surface area contributed by atoms with Crippen molar-refractivity contribution in [2.45, 2.75) is 58.8 Å². The molecule has 1 saturated carbocycles. The third kappa shape index (κ3) is 7.86. The van der Waals surface area contributed by atoms with Crippen molar-refractivity contribution in [3.8, 4) is 5.75 Å². The summed E-state index contributed by atoms with van der Waals surface area (Å²) in [6.45, 7) is 4.78. The highest BCUT2D eigenvalue weighted by atomic mass is 32.1. The van der Waals surface area contributed by atoms with E-state index in [0.717, 1.165) is 30.4 Å². The van der Waals surface area contributed by atoms with Gasteiger partial charge in [0.15, 0.2) is 5.11 Å². The zero-order chi connectivity index (χ0) is 18.1. The zero-order valence-electron chi connectivity index (χ0n) is 15.3. The topological polar surface area (TPSA) is 50.4 Å². The van der Waals surface area contributed by atoms with Crippen LogP contribution in [0.1, 0.15) is 58.8 Å². The highest BCUT2D eigenvalue weighted by Crippen LogP contribution is 2.26. The molecule has 2 N–H and O–H groups in total. The quantitative estimate of drug-likeness (QED) is 0.678. The summed E-state index contributed by atoms with van der Waals surface area (Å²) in [5, 5.41) is 6.05. The molecule has 0 spiro atoms. The van der Waals surface area contributed by atoms with Gasteiger partial charge in [0, 0.05) is 12.1 Å². The van der Waals surface area contributed by atoms with Crippen LogP contribution in [0.25, 0.3) is 0 Å². The van der Waals surface area contributed by atoms with E-state index in [0.29, 0.717) is 17.5 Å². The number of carbonyl (C=O) groups excluding carboxylic acids is 1. The molecule has 0 radical (unpaired) electrons. The summed E-state index contributed by atoms with van der Waals surface area (Å²) in [7, 11) is 0. The molecule has 0 heterocycles. The van der Waals surface area contributed by atoms with Gasteiger partial charge in [0.05, 0.1) is 6.61 Å². The molecule has 0 unspecified atom stereocenters. The van der Waals surface area contributed by atoms with Gasteiger partial charge in [0.25, 0.3) is 0 Å². The maximum absolute atomic E-state index is 11.7. The Bertz CT molecular complexity index is 551. The molecule has 1 amide bonds. The number of nitrogens with one attached hydrogen (secondary N) is 2. The Balaban J connectivity index is 1.69. The number of hydrogen-bond donors (Lipinski definition) is 2. The van der Waals surface area contributed by atoms with Crippen molar-refractivity contribution in [2.75, 3.05) is 11.9 Å². The molecule has 0 bridgehead atoms. The molecular formula is C20H30N2O2S. The molecule has 0 saturated heterocycles. The second-order valence-electron chi connectivity index (χ2n) is 7.27. The Hall–Kier alpha value is -1.62. The molecule has 138 valence electrons. The summed E-state index contributed by atoms with van der Waals surface area (Å²) in [5.74, 6) is 1.96. The van der Waals surface area contributed by atoms with Gasteiger partial charge in [-0.2, -0.15) is 0 Å². The lowest BCUT2D eigenvalue weighted by Gasteiger charge is -2.21. The van der Waals surface area contributed by atoms with E-state index >= 15 is 0 Å². The van der Waals surface area contributed by atoms with Crippen LogP contribution >= 0.6 is 12.2 Å². The first-order valence-corrected chi connectivity index (χ1v) is 9.77. The molecule has 25 heavy (non-hydrogen) atoms. The molecule has 1 fully saturated rings. The third-order valence-electron chi connectivity index (χ3n) is 4.48. The van der Waals surface area contributed by atoms with Crippen molar-refractivity contribution in [1.82, 2.24) is 5.32 Å². The number of ether oxygens (including phenoxy) is 1. The molecule has 4 nitrogen and oxygen atoms in total. The Morgan fingerprint density at radius 1 is 1.20 bits per heavy atom. The first-order chi connectivity index (χ1) is 12.0. The number of rotatable bonds is 7. The van der Waals surface area contributed by atoms with Crippen LogP contribution in [0.4, 0.5) is 5.69 Å². The number of anilines is 1. The van der Waals surface area contributed by atoms with Crippen LogP contribution < -0.4 is 15.4 Å². The molecule has 1 aliphatic rings. The van der Waals surface area contributed by atoms with Crippen LogP contribution in [0.3, 0.4) is 0 Å². The highest BCUT2D eigenvalue weighted by molar-refractivity contribution is 7.80. The second-order valence-corrected chi connectivity index (χ2v) is 7.67. The van der Waals surface area contributed by atoms with Gasteiger partial charge < -0.3 is 15.4 Å². The molecule has 0 atom stereocenters. The summed E-state index contributed by atoms with van der Waals surface area (Å²) >= 11 is 5.17. The lowest BCUT2D eigenvalue weighted by atomic mass is 9.87. The highest BCUT2D eigenvalue weighted by Gasteiger charge is 2.13. The number of benzene rings is 1. The molecule has 1 aromatic rings. The van der Waals surface area contributed by atoms with Crippen LogP contribution in [0.15, 0.2) is 24.3 Å². The van der Waals surface area contributed by atoms with Gasteiger partial charge in [-0.25, -0.2) is 0 Å². The van der Waals surface area contributed by atoms with Crippen molar-refractivity contribution >= 4 is 28.9 Å². The van der Waals surface area contributed by atoms with Gasteiger partial charge in [0.1, 0.15) is 5.75 Å². The lowest BCUT2D eigenvalue weighted by Crippen LogP contribution is -2.34. The van der Waals surface area contributed by atoms with Crippen LogP contribution in [0, 0.1) is 11.8 Å². The number of carbonyl (C=O) groups is 1. The third-order valence-corrected chi connectivity index (χ3v) is 4.68. The number of hydrogen-bond acceptors (Lipinski definition) is 3. The first kappa shape index (κ1) is 19.7. The Morgan fingerprint density at radius 3 is 2.52 bits per heavy atom. The predicted molar refractivity (Wildman–Crippen MR) is 107 cm³/mol. The fourth-order valence-electron chi connectivity index (χ4n) is 3.16. The molecular weight excluding hydrogens is 332 g/mol. The van der Waals surface area contributed by atoms with Gasteiger partial charge in [-0.3, -0.25) is 4.79 Å². The molecule has 1 aliphatic carbocycles. The standard InChI is InChI=1S/C20H30N2O2S/c1-15(2)14-19(23)22-20(25)21-17-8-10-18(11-9-17)24-13-12-16-6-4-3-5-7-16/h8-11,15-16H,3-7,12-14H2,1-2H3,(H2,21,22,23,25). The minimum atomic E-state index is -0.0600. The summed E-state index contributed by atoms with van der Waals surface area (Å²) < 4.78 is 5.85. The smallest absolute Gasteiger partial charge is 0.226 e. The Kier molecular flexibility index (Phi) is 8.19. The molecule has 1 aromatic carbocycles. The van der Waals surface area contributed by atoms with Crippen molar-refractivity contribution in [2.24, 2.45) is 11.8 Å². The van der Waals surface area contributed by atoms with Gasteiger partial charge in [-0.1, -0.05) is 46.0 Å². The zero-order valence-corrected chi connectivity index (χ0v) is 16.2. The first-order valence-electron chi connectivity index (χ1n) is 9.36. The van der Waals surface area contributed by atoms with Crippen molar-refractivity contribution in [3.63, 3.8) is 0 Å². The van der Waals surface area contributed by atoms with Crippen LogP contribution in [-0.4, -0.2) is 17.6 Å². The predicted octanol–water partition coefficient (Wildman–Crippen LogP) is 4.89. The lowest BCUT2D eigenvalue weighted by molar-refractivity contribution is -0.120. The molecule has 2 rings (SSSR count). The van der Waals surface area contributed by atoms with Gasteiger partial charge in [0.2, 0.25) is 5.91 Å². The monoisotopic (exact) mass is 362 g/mol. The summed E-state index contributed by atoms with van der Waals surface area (Å²) in [4.78, 5) is 11.7. The van der Waals surface area contributed by atoms with E-state index < -0.39 is 0 Å². The fraction of sp³-hybridized carbons (Fsp3) is 0.600. The second kappa shape index (κ2) is 10.4. The van der Waals surface area contributed by atoms with Crippen LogP contribution in [0.5, 0.6) is 5.75 Å². The fourth-order valence-corrected chi connectivity index (χ4v) is 3.40. The molecule has 0 aromatic heterocycles. The maximum Gasteiger partial charge on any atom is 0.226 e. The summed E-state index contributed by atoms with van der Waals surface area (Å²) in [6.07, 6.45) is 8.46. The van der Waals surface area contributed by atoms with Gasteiger partial charge >= 0.3 is 0 Å². The van der Waals surface area contributed by atoms with E-state index in [1.807, 2.05) is 38.1 Å². The summed E-state index contributed by atoms with van der Waals surface area (Å²) in [5.41, 5.74) is 0.842. The largest absolute Gasteiger partial charge is 0.494 e. The normalized spacial score (nSPS) is 15.0. The van der Waals surface area contributed by atoms with Gasteiger partial charge in [-0.15, -0.1) is 0 Å². The van der Waals surface area contributed by atoms with E-state index in [1.165, 1.54) is 32.1 Å². The minimum absolute atomic E-state index is 0.0600. The Labute approximate surface area is 156 Å². The SMILES string of the molecule is CC(C)CC(=O)NC(=S)Nc1ccc(OCCC2CCCCC2)cc1. The molecule has 5 heteroatoms. The van der Waals surface area contributed by atoms with Crippen molar-refractivity contribution < 1.29 is 9.53 Å². The van der Waals surface area contributed by atoms with E-state index in [2.05, 4.69) is 10.6 Å². The van der Waals surface area contributed by atoms with E-state index in [9.17, 15) is 4.79 Å². The van der Waals surface area contributed by atoms with Crippen LogP contribution in [-0.2, 0) is 4.79 Å². The number of amides is 1. The van der Waals surface area contributed by atoms with E-state index in [4.69, 9.17) is 17.0 Å². The van der Waals surface area contributed by atoms with Crippen LogP contribution in [0.2, 0.25) is 0 Å². The van der Waals surface area contributed by atoms with Crippen molar-refractivity contribution in [3.05, 3.63) is 24.3 Å². The average Bonchev–Trinajstić information content (AvgIpc) is 2.56. The van der Waals surface area contributed by atoms with Crippen molar-refractivity contribution in [1.29, 1.82) is 0 Å². The van der Waals surface area contributed by atoms with Gasteiger partial charge in [-0.05, 0) is 54.7 Å².